The second-order valence-corrected chi connectivity index (χ2v) is 4.63. The molecule has 0 fully saturated rings. The van der Waals surface area contributed by atoms with Gasteiger partial charge in [0.2, 0.25) is 5.89 Å². The molecule has 3 aromatic rings. The summed E-state index contributed by atoms with van der Waals surface area (Å²) in [7, 11) is 0. The van der Waals surface area contributed by atoms with Gasteiger partial charge in [0.25, 0.3) is 5.56 Å². The fourth-order valence-electron chi connectivity index (χ4n) is 2.15. The molecule has 0 aliphatic rings. The Kier molecular flexibility index (Phi) is 3.34. The quantitative estimate of drug-likeness (QED) is 0.570. The van der Waals surface area contributed by atoms with Gasteiger partial charge in [-0.3, -0.25) is 10.1 Å². The van der Waals surface area contributed by atoms with E-state index in [2.05, 4.69) is 10.3 Å². The molecule has 4 N–H and O–H groups in total. The third-order valence-electron chi connectivity index (χ3n) is 3.10. The third kappa shape index (κ3) is 2.64. The van der Waals surface area contributed by atoms with Crippen molar-refractivity contribution in [2.24, 2.45) is 0 Å². The van der Waals surface area contributed by atoms with Gasteiger partial charge in [0.05, 0.1) is 11.3 Å². The van der Waals surface area contributed by atoms with Crippen molar-refractivity contribution in [2.45, 2.75) is 0 Å². The van der Waals surface area contributed by atoms with Crippen LogP contribution in [0.1, 0.15) is 0 Å². The predicted octanol–water partition coefficient (Wildman–Crippen LogP) is 2.36. The number of aromatic hydroxyl groups is 2. The summed E-state index contributed by atoms with van der Waals surface area (Å²) >= 11 is 0. The molecule has 0 bridgehead atoms. The van der Waals surface area contributed by atoms with Crippen molar-refractivity contribution in [2.75, 3.05) is 5.32 Å². The van der Waals surface area contributed by atoms with Gasteiger partial charge >= 0.3 is 6.09 Å². The number of fused-ring (bicyclic) bond motifs is 1. The third-order valence-corrected chi connectivity index (χ3v) is 3.10. The van der Waals surface area contributed by atoms with E-state index in [1.54, 1.807) is 0 Å². The van der Waals surface area contributed by atoms with E-state index in [0.717, 1.165) is 6.07 Å². The lowest BCUT2D eigenvalue weighted by molar-refractivity contribution is 0.210. The highest BCUT2D eigenvalue weighted by Crippen LogP contribution is 2.31. The van der Waals surface area contributed by atoms with Crippen LogP contribution in [0.5, 0.6) is 11.5 Å². The van der Waals surface area contributed by atoms with E-state index in [0.29, 0.717) is 0 Å². The molecule has 1 amide bonds. The summed E-state index contributed by atoms with van der Waals surface area (Å²) in [4.78, 5) is 26.7. The monoisotopic (exact) mass is 314 g/mol. The van der Waals surface area contributed by atoms with Gasteiger partial charge in [-0.2, -0.15) is 4.98 Å². The first-order chi connectivity index (χ1) is 11.0. The first kappa shape index (κ1) is 14.4. The van der Waals surface area contributed by atoms with Gasteiger partial charge in [0.1, 0.15) is 22.5 Å². The molecule has 0 unspecified atom stereocenters. The number of phenols is 2. The van der Waals surface area contributed by atoms with Gasteiger partial charge in [-0.25, -0.2) is 4.79 Å². The van der Waals surface area contributed by atoms with Crippen LogP contribution in [0.15, 0.2) is 45.6 Å². The molecule has 0 saturated carbocycles. The van der Waals surface area contributed by atoms with Gasteiger partial charge in [-0.1, -0.05) is 6.07 Å². The molecule has 0 aliphatic carbocycles. The summed E-state index contributed by atoms with van der Waals surface area (Å²) in [5.74, 6) is -0.569. The summed E-state index contributed by atoms with van der Waals surface area (Å²) in [5.41, 5.74) is -0.428. The Hall–Kier alpha value is -3.55. The Morgan fingerprint density at radius 3 is 2.70 bits per heavy atom. The van der Waals surface area contributed by atoms with Crippen LogP contribution in [-0.2, 0) is 0 Å². The van der Waals surface area contributed by atoms with Crippen molar-refractivity contribution in [1.82, 2.24) is 4.98 Å². The lowest BCUT2D eigenvalue weighted by Crippen LogP contribution is -2.11. The Morgan fingerprint density at radius 2 is 1.96 bits per heavy atom. The number of amides is 1. The summed E-state index contributed by atoms with van der Waals surface area (Å²) < 4.78 is 5.49. The van der Waals surface area contributed by atoms with Gasteiger partial charge in [0, 0.05) is 6.07 Å². The average molecular weight is 314 g/mol. The molecule has 116 valence electrons. The van der Waals surface area contributed by atoms with E-state index < -0.39 is 11.7 Å². The molecule has 3 rings (SSSR count). The van der Waals surface area contributed by atoms with Gasteiger partial charge in [-0.05, 0) is 24.3 Å². The molecule has 0 saturated heterocycles. The zero-order valence-electron chi connectivity index (χ0n) is 11.5. The number of anilines is 1. The minimum Gasteiger partial charge on any atom is -0.508 e. The molecule has 1 aromatic heterocycles. The standard InChI is InChI=1S/C15H10N2O6/c18-7-4-5-8(9(6-7)16-15(21)22)14-17-13(20)12-10(19)2-1-3-11(12)23-14/h1-6,16,18-19H,(H,21,22). The van der Waals surface area contributed by atoms with Crippen molar-refractivity contribution in [3.63, 3.8) is 0 Å². The lowest BCUT2D eigenvalue weighted by Gasteiger charge is -2.09. The van der Waals surface area contributed by atoms with Crippen LogP contribution >= 0.6 is 0 Å². The van der Waals surface area contributed by atoms with Crippen LogP contribution in [0.4, 0.5) is 10.5 Å². The number of hydrogen-bond acceptors (Lipinski definition) is 6. The maximum atomic E-state index is 12.1. The molecule has 8 heteroatoms. The zero-order valence-corrected chi connectivity index (χ0v) is 11.5. The number of carbonyl (C=O) groups is 1. The van der Waals surface area contributed by atoms with E-state index in [-0.39, 0.29) is 39.6 Å². The molecule has 8 nitrogen and oxygen atoms in total. The van der Waals surface area contributed by atoms with Gasteiger partial charge < -0.3 is 19.7 Å². The van der Waals surface area contributed by atoms with Crippen LogP contribution in [0, 0.1) is 0 Å². The van der Waals surface area contributed by atoms with E-state index in [9.17, 15) is 19.8 Å². The Bertz CT molecular complexity index is 979. The SMILES string of the molecule is O=C(O)Nc1cc(O)ccc1-c1nc(=O)c2c(O)cccc2o1. The molecule has 0 atom stereocenters. The number of hydrogen-bond donors (Lipinski definition) is 4. The van der Waals surface area contributed by atoms with Crippen LogP contribution in [-0.4, -0.2) is 26.4 Å². The van der Waals surface area contributed by atoms with Crippen LogP contribution in [0.2, 0.25) is 0 Å². The summed E-state index contributed by atoms with van der Waals surface area (Å²) in [5, 5.41) is 30.1. The fraction of sp³-hybridized carbons (Fsp3) is 0. The minimum atomic E-state index is -1.35. The van der Waals surface area contributed by atoms with Crippen LogP contribution in [0.3, 0.4) is 0 Å². The normalized spacial score (nSPS) is 10.6. The first-order valence-electron chi connectivity index (χ1n) is 6.42. The van der Waals surface area contributed by atoms with E-state index in [1.807, 2.05) is 0 Å². The number of carboxylic acid groups (broad SMARTS) is 1. The van der Waals surface area contributed by atoms with Crippen molar-refractivity contribution in [3.05, 3.63) is 46.8 Å². The summed E-state index contributed by atoms with van der Waals surface area (Å²) in [6, 6.07) is 8.14. The second kappa shape index (κ2) is 5.34. The van der Waals surface area contributed by atoms with Crippen LogP contribution in [0.25, 0.3) is 22.4 Å². The van der Waals surface area contributed by atoms with Crippen molar-refractivity contribution in [1.29, 1.82) is 0 Å². The highest BCUT2D eigenvalue weighted by molar-refractivity contribution is 5.90. The maximum absolute atomic E-state index is 12.1. The minimum absolute atomic E-state index is 0.00709. The van der Waals surface area contributed by atoms with Gasteiger partial charge in [-0.15, -0.1) is 0 Å². The number of aromatic nitrogens is 1. The largest absolute Gasteiger partial charge is 0.508 e. The molecule has 0 aliphatic heterocycles. The number of nitrogens with zero attached hydrogens (tertiary/aromatic N) is 1. The predicted molar refractivity (Wildman–Crippen MR) is 80.7 cm³/mol. The number of rotatable bonds is 2. The zero-order chi connectivity index (χ0) is 16.6. The van der Waals surface area contributed by atoms with Crippen molar-refractivity contribution in [3.8, 4) is 23.0 Å². The smallest absolute Gasteiger partial charge is 0.409 e. The fourth-order valence-corrected chi connectivity index (χ4v) is 2.15. The highest BCUT2D eigenvalue weighted by Gasteiger charge is 2.16. The highest BCUT2D eigenvalue weighted by atomic mass is 16.4. The lowest BCUT2D eigenvalue weighted by atomic mass is 10.1. The van der Waals surface area contributed by atoms with E-state index in [4.69, 9.17) is 9.52 Å². The molecule has 0 spiro atoms. The maximum Gasteiger partial charge on any atom is 0.409 e. The molecule has 23 heavy (non-hydrogen) atoms. The van der Waals surface area contributed by atoms with Gasteiger partial charge in [0.15, 0.2) is 0 Å². The van der Waals surface area contributed by atoms with E-state index >= 15 is 0 Å². The Balaban J connectivity index is 2.25. The number of nitrogens with one attached hydrogen (secondary N) is 1. The molecule has 2 aromatic carbocycles. The Labute approximate surface area is 128 Å². The van der Waals surface area contributed by atoms with Crippen LogP contribution < -0.4 is 10.9 Å². The summed E-state index contributed by atoms with van der Waals surface area (Å²) in [6.07, 6.45) is -1.35. The average Bonchev–Trinajstić information content (AvgIpc) is 2.46. The second-order valence-electron chi connectivity index (χ2n) is 4.63. The molecular weight excluding hydrogens is 304 g/mol. The molecular formula is C15H10N2O6. The summed E-state index contributed by atoms with van der Waals surface area (Å²) in [6.45, 7) is 0. The number of phenolic OH excluding ortho intramolecular Hbond substituents is 2. The van der Waals surface area contributed by atoms with Crippen molar-refractivity contribution >= 4 is 22.7 Å². The molecule has 1 heterocycles. The number of benzene rings is 2. The first-order valence-corrected chi connectivity index (χ1v) is 6.42. The van der Waals surface area contributed by atoms with Crippen molar-refractivity contribution < 1.29 is 24.5 Å². The Morgan fingerprint density at radius 1 is 1.17 bits per heavy atom. The molecule has 0 radical (unpaired) electrons. The van der Waals surface area contributed by atoms with E-state index in [1.165, 1.54) is 30.3 Å². The topological polar surface area (TPSA) is 133 Å².